The minimum absolute atomic E-state index is 0.0823. The van der Waals surface area contributed by atoms with Crippen LogP contribution in [-0.4, -0.2) is 56.7 Å². The highest BCUT2D eigenvalue weighted by molar-refractivity contribution is 7.89. The van der Waals surface area contributed by atoms with Crippen LogP contribution < -0.4 is 10.6 Å². The second-order valence-corrected chi connectivity index (χ2v) is 9.10. The summed E-state index contributed by atoms with van der Waals surface area (Å²) in [6.45, 7) is 5.54. The number of aryl methyl sites for hydroxylation is 1. The van der Waals surface area contributed by atoms with Crippen LogP contribution in [0.3, 0.4) is 0 Å². The molecule has 10 heteroatoms. The van der Waals surface area contributed by atoms with Crippen LogP contribution in [0.5, 0.6) is 0 Å². The van der Waals surface area contributed by atoms with Crippen LogP contribution in [0.15, 0.2) is 53.4 Å². The Morgan fingerprint density at radius 3 is 2.18 bits per heavy atom. The van der Waals surface area contributed by atoms with Crippen molar-refractivity contribution in [3.05, 3.63) is 65.2 Å². The molecule has 2 N–H and O–H groups in total. The second kappa shape index (κ2) is 12.1. The lowest BCUT2D eigenvalue weighted by Crippen LogP contribution is -2.34. The Bertz CT molecular complexity index is 1080. The average molecular weight is 476 g/mol. The summed E-state index contributed by atoms with van der Waals surface area (Å²) < 4.78 is 31.2. The molecule has 9 nitrogen and oxygen atoms in total. The molecule has 2 aromatic carbocycles. The summed E-state index contributed by atoms with van der Waals surface area (Å²) in [6, 6.07) is 13.0. The highest BCUT2D eigenvalue weighted by Crippen LogP contribution is 2.16. The first-order chi connectivity index (χ1) is 15.7. The van der Waals surface area contributed by atoms with Crippen LogP contribution in [0.25, 0.3) is 0 Å². The minimum Gasteiger partial charge on any atom is -0.454 e. The van der Waals surface area contributed by atoms with E-state index in [0.29, 0.717) is 19.6 Å². The van der Waals surface area contributed by atoms with E-state index in [1.54, 1.807) is 13.8 Å². The van der Waals surface area contributed by atoms with Gasteiger partial charge in [0.2, 0.25) is 10.0 Å². The predicted octanol–water partition coefficient (Wildman–Crippen LogP) is 1.61. The molecule has 2 rings (SSSR count). The number of benzene rings is 2. The van der Waals surface area contributed by atoms with Crippen molar-refractivity contribution in [2.45, 2.75) is 32.2 Å². The van der Waals surface area contributed by atoms with Crippen LogP contribution in [-0.2, 0) is 30.9 Å². The number of rotatable bonds is 11. The molecule has 0 bridgehead atoms. The van der Waals surface area contributed by atoms with Gasteiger partial charge in [0.15, 0.2) is 6.61 Å². The molecule has 0 atom stereocenters. The van der Waals surface area contributed by atoms with Gasteiger partial charge in [-0.25, -0.2) is 8.42 Å². The van der Waals surface area contributed by atoms with Gasteiger partial charge in [-0.05, 0) is 42.3 Å². The molecule has 2 aromatic rings. The minimum atomic E-state index is -3.62. The zero-order valence-corrected chi connectivity index (χ0v) is 19.8. The highest BCUT2D eigenvalue weighted by Gasteiger charge is 2.21. The number of amides is 2. The van der Waals surface area contributed by atoms with Crippen molar-refractivity contribution in [2.24, 2.45) is 0 Å². The van der Waals surface area contributed by atoms with E-state index in [1.165, 1.54) is 28.6 Å². The third-order valence-electron chi connectivity index (χ3n) is 4.95. The number of hydrogen-bond donors (Lipinski definition) is 2. The molecule has 0 unspecified atom stereocenters. The third kappa shape index (κ3) is 7.40. The molecular formula is C23H29N3O6S. The lowest BCUT2D eigenvalue weighted by Gasteiger charge is -2.18. The maximum Gasteiger partial charge on any atom is 0.325 e. The van der Waals surface area contributed by atoms with E-state index in [-0.39, 0.29) is 10.5 Å². The van der Waals surface area contributed by atoms with Gasteiger partial charge in [0.1, 0.15) is 6.54 Å². The molecule has 0 aliphatic heterocycles. The van der Waals surface area contributed by atoms with E-state index in [0.717, 1.165) is 11.1 Å². The second-order valence-electron chi connectivity index (χ2n) is 7.16. The smallest absolute Gasteiger partial charge is 0.325 e. The summed E-state index contributed by atoms with van der Waals surface area (Å²) >= 11 is 0. The monoisotopic (exact) mass is 475 g/mol. The molecule has 2 amide bonds. The van der Waals surface area contributed by atoms with Gasteiger partial charge >= 0.3 is 5.97 Å². The zero-order valence-electron chi connectivity index (χ0n) is 19.0. The van der Waals surface area contributed by atoms with Crippen LogP contribution in [0.4, 0.5) is 0 Å². The number of ether oxygens (including phenoxy) is 1. The van der Waals surface area contributed by atoms with Gasteiger partial charge in [-0.15, -0.1) is 0 Å². The van der Waals surface area contributed by atoms with Crippen molar-refractivity contribution in [1.29, 1.82) is 0 Å². The Labute approximate surface area is 194 Å². The van der Waals surface area contributed by atoms with Crippen molar-refractivity contribution >= 4 is 27.8 Å². The number of nitrogens with zero attached hydrogens (tertiary/aromatic N) is 1. The Morgan fingerprint density at radius 2 is 1.58 bits per heavy atom. The van der Waals surface area contributed by atoms with Gasteiger partial charge in [0, 0.05) is 25.2 Å². The van der Waals surface area contributed by atoms with E-state index in [2.05, 4.69) is 10.6 Å². The van der Waals surface area contributed by atoms with E-state index in [4.69, 9.17) is 4.74 Å². The Kier molecular flexibility index (Phi) is 9.56. The molecule has 0 aromatic heterocycles. The van der Waals surface area contributed by atoms with Crippen molar-refractivity contribution in [2.75, 3.05) is 26.2 Å². The van der Waals surface area contributed by atoms with E-state index >= 15 is 0 Å². The van der Waals surface area contributed by atoms with Crippen molar-refractivity contribution < 1.29 is 27.5 Å². The van der Waals surface area contributed by atoms with Crippen LogP contribution in [0.2, 0.25) is 0 Å². The fourth-order valence-electron chi connectivity index (χ4n) is 3.00. The maximum absolute atomic E-state index is 12.5. The fraction of sp³-hybridized carbons (Fsp3) is 0.348. The summed E-state index contributed by atoms with van der Waals surface area (Å²) in [7, 11) is -3.62. The third-order valence-corrected chi connectivity index (χ3v) is 7.02. The molecule has 0 fully saturated rings. The molecule has 33 heavy (non-hydrogen) atoms. The van der Waals surface area contributed by atoms with E-state index in [1.807, 2.05) is 31.2 Å². The van der Waals surface area contributed by atoms with Crippen molar-refractivity contribution in [1.82, 2.24) is 14.9 Å². The topological polar surface area (TPSA) is 122 Å². The van der Waals surface area contributed by atoms with Crippen LogP contribution in [0, 0.1) is 6.92 Å². The Hall–Kier alpha value is -3.24. The normalized spacial score (nSPS) is 11.2. The summed E-state index contributed by atoms with van der Waals surface area (Å²) in [4.78, 5) is 36.0. The first-order valence-corrected chi connectivity index (χ1v) is 12.0. The highest BCUT2D eigenvalue weighted by atomic mass is 32.2. The lowest BCUT2D eigenvalue weighted by atomic mass is 10.1. The van der Waals surface area contributed by atoms with Gasteiger partial charge in [-0.1, -0.05) is 38.1 Å². The van der Waals surface area contributed by atoms with Gasteiger partial charge in [-0.2, -0.15) is 4.31 Å². The average Bonchev–Trinajstić information content (AvgIpc) is 2.81. The summed E-state index contributed by atoms with van der Waals surface area (Å²) in [5.41, 5.74) is 2.19. The molecule has 0 spiro atoms. The molecule has 0 aliphatic rings. The number of nitrogens with one attached hydrogen (secondary N) is 2. The van der Waals surface area contributed by atoms with Gasteiger partial charge in [0.05, 0.1) is 4.90 Å². The van der Waals surface area contributed by atoms with Crippen LogP contribution >= 0.6 is 0 Å². The van der Waals surface area contributed by atoms with Gasteiger partial charge in [0.25, 0.3) is 11.8 Å². The van der Waals surface area contributed by atoms with Crippen molar-refractivity contribution in [3.8, 4) is 0 Å². The number of hydrogen-bond acceptors (Lipinski definition) is 6. The number of esters is 1. The fourth-order valence-corrected chi connectivity index (χ4v) is 4.45. The first-order valence-electron chi connectivity index (χ1n) is 10.5. The van der Waals surface area contributed by atoms with Crippen LogP contribution in [0.1, 0.15) is 35.3 Å². The van der Waals surface area contributed by atoms with Crippen molar-refractivity contribution in [3.63, 3.8) is 0 Å². The van der Waals surface area contributed by atoms with E-state index in [9.17, 15) is 22.8 Å². The summed E-state index contributed by atoms with van der Waals surface area (Å²) in [5, 5.41) is 5.05. The standard InChI is InChI=1S/C23H29N3O6S/c1-4-26(5-2)33(30,31)20-12-10-18(11-13-20)23(29)25-15-22(28)32-16-21(27)24-14-19-9-7-6-8-17(19)3/h6-13H,4-5,14-16H2,1-3H3,(H,24,27)(H,25,29). The SMILES string of the molecule is CCN(CC)S(=O)(=O)c1ccc(C(=O)NCC(=O)OCC(=O)NCc2ccccc2C)cc1. The largest absolute Gasteiger partial charge is 0.454 e. The lowest BCUT2D eigenvalue weighted by molar-refractivity contribution is -0.147. The maximum atomic E-state index is 12.5. The van der Waals surface area contributed by atoms with Gasteiger partial charge < -0.3 is 15.4 Å². The van der Waals surface area contributed by atoms with Gasteiger partial charge in [-0.3, -0.25) is 14.4 Å². The predicted molar refractivity (Wildman–Crippen MR) is 123 cm³/mol. The summed E-state index contributed by atoms with van der Waals surface area (Å²) in [6.07, 6.45) is 0. The molecule has 0 saturated heterocycles. The molecule has 178 valence electrons. The molecule has 0 aliphatic carbocycles. The molecule has 0 radical (unpaired) electrons. The molecule has 0 saturated carbocycles. The number of carbonyl (C=O) groups excluding carboxylic acids is 3. The molecule has 0 heterocycles. The number of sulfonamides is 1. The first kappa shape index (κ1) is 26.0. The van der Waals surface area contributed by atoms with E-state index < -0.39 is 41.0 Å². The summed E-state index contributed by atoms with van der Waals surface area (Å²) in [5.74, 6) is -1.79. The Balaban J connectivity index is 1.79. The quantitative estimate of drug-likeness (QED) is 0.476. The zero-order chi connectivity index (χ0) is 24.4. The Morgan fingerprint density at radius 1 is 0.939 bits per heavy atom. The number of carbonyl (C=O) groups is 3. The molecular weight excluding hydrogens is 446 g/mol.